The van der Waals surface area contributed by atoms with Crippen LogP contribution >= 0.6 is 0 Å². The molecular formula is C33H30N4O5. The molecule has 0 aliphatic heterocycles. The van der Waals surface area contributed by atoms with E-state index < -0.39 is 5.97 Å². The molecule has 0 saturated carbocycles. The van der Waals surface area contributed by atoms with E-state index in [1.54, 1.807) is 49.6 Å². The summed E-state index contributed by atoms with van der Waals surface area (Å²) >= 11 is 0. The molecule has 0 spiro atoms. The Labute approximate surface area is 243 Å². The second-order valence-electron chi connectivity index (χ2n) is 9.59. The molecule has 1 aromatic heterocycles. The van der Waals surface area contributed by atoms with Crippen LogP contribution in [0.3, 0.4) is 0 Å². The highest BCUT2D eigenvalue weighted by Crippen LogP contribution is 2.35. The third-order valence-corrected chi connectivity index (χ3v) is 6.68. The summed E-state index contributed by atoms with van der Waals surface area (Å²) in [5, 5.41) is 5.11. The standard InChI is InChI=1S/C33H30N4O5/c1-37(2)24-13-16-27-26(19-24)30(22-8-6-5-7-9-22)31(35-27)32(38)36-34-20-21-10-17-28(29(18-21)41-4)42-33(39)23-11-14-25(40-3)15-12-23/h5-20,35H,1-4H3,(H,36,38). The summed E-state index contributed by atoms with van der Waals surface area (Å²) in [5.41, 5.74) is 7.61. The number of benzene rings is 4. The van der Waals surface area contributed by atoms with Crippen LogP contribution in [0.2, 0.25) is 0 Å². The Kier molecular flexibility index (Phi) is 8.19. The van der Waals surface area contributed by atoms with Crippen molar-refractivity contribution < 1.29 is 23.8 Å². The van der Waals surface area contributed by atoms with E-state index in [9.17, 15) is 9.59 Å². The average Bonchev–Trinajstić information content (AvgIpc) is 3.41. The molecular weight excluding hydrogens is 532 g/mol. The molecule has 9 heteroatoms. The molecule has 0 atom stereocenters. The fraction of sp³-hybridized carbons (Fsp3) is 0.121. The van der Waals surface area contributed by atoms with Crippen LogP contribution in [-0.4, -0.2) is 51.4 Å². The minimum Gasteiger partial charge on any atom is -0.497 e. The first-order valence-corrected chi connectivity index (χ1v) is 13.1. The highest BCUT2D eigenvalue weighted by Gasteiger charge is 2.20. The number of H-pyrrole nitrogens is 1. The zero-order valence-electron chi connectivity index (χ0n) is 23.7. The number of nitrogens with one attached hydrogen (secondary N) is 2. The monoisotopic (exact) mass is 562 g/mol. The van der Waals surface area contributed by atoms with Crippen LogP contribution in [0.25, 0.3) is 22.0 Å². The molecule has 9 nitrogen and oxygen atoms in total. The molecule has 5 aromatic rings. The van der Waals surface area contributed by atoms with Gasteiger partial charge in [0.15, 0.2) is 11.5 Å². The zero-order chi connectivity index (χ0) is 29.6. The van der Waals surface area contributed by atoms with Gasteiger partial charge in [0, 0.05) is 36.2 Å². The Hall–Kier alpha value is -5.57. The van der Waals surface area contributed by atoms with E-state index in [0.717, 1.165) is 27.7 Å². The molecule has 4 aromatic carbocycles. The molecule has 1 amide bonds. The van der Waals surface area contributed by atoms with Gasteiger partial charge in [0.25, 0.3) is 5.91 Å². The smallest absolute Gasteiger partial charge is 0.343 e. The van der Waals surface area contributed by atoms with Crippen molar-refractivity contribution in [3.63, 3.8) is 0 Å². The van der Waals surface area contributed by atoms with Crippen molar-refractivity contribution in [1.82, 2.24) is 10.4 Å². The number of esters is 1. The molecule has 42 heavy (non-hydrogen) atoms. The fourth-order valence-corrected chi connectivity index (χ4v) is 4.49. The SMILES string of the molecule is COc1ccc(C(=O)Oc2ccc(C=NNC(=O)c3[nH]c4ccc(N(C)C)cc4c3-c3ccccc3)cc2OC)cc1. The van der Waals surface area contributed by atoms with Gasteiger partial charge in [0.05, 0.1) is 26.0 Å². The minimum atomic E-state index is -0.533. The lowest BCUT2D eigenvalue weighted by molar-refractivity contribution is 0.0729. The first kappa shape index (κ1) is 28.0. The van der Waals surface area contributed by atoms with Gasteiger partial charge in [-0.3, -0.25) is 4.79 Å². The molecule has 1 heterocycles. The number of nitrogens with zero attached hydrogens (tertiary/aromatic N) is 2. The third kappa shape index (κ3) is 5.95. The summed E-state index contributed by atoms with van der Waals surface area (Å²) in [5.74, 6) is 0.312. The van der Waals surface area contributed by atoms with E-state index in [2.05, 4.69) is 21.6 Å². The van der Waals surface area contributed by atoms with Crippen molar-refractivity contribution in [1.29, 1.82) is 0 Å². The lowest BCUT2D eigenvalue weighted by Gasteiger charge is -2.12. The topological polar surface area (TPSA) is 105 Å². The summed E-state index contributed by atoms with van der Waals surface area (Å²) in [7, 11) is 6.99. The van der Waals surface area contributed by atoms with Crippen molar-refractivity contribution in [3.05, 3.63) is 108 Å². The number of aromatic amines is 1. The Morgan fingerprint density at radius 2 is 1.62 bits per heavy atom. The van der Waals surface area contributed by atoms with Crippen LogP contribution in [0.5, 0.6) is 17.2 Å². The molecule has 212 valence electrons. The number of aromatic nitrogens is 1. The van der Waals surface area contributed by atoms with E-state index in [0.29, 0.717) is 28.3 Å². The maximum atomic E-state index is 13.3. The number of hydrazone groups is 1. The van der Waals surface area contributed by atoms with Gasteiger partial charge in [-0.15, -0.1) is 0 Å². The number of carbonyl (C=O) groups excluding carboxylic acids is 2. The first-order valence-electron chi connectivity index (χ1n) is 13.1. The lowest BCUT2D eigenvalue weighted by Crippen LogP contribution is -2.18. The molecule has 0 saturated heterocycles. The lowest BCUT2D eigenvalue weighted by atomic mass is 10.0. The number of anilines is 1. The number of fused-ring (bicyclic) bond motifs is 1. The number of methoxy groups -OCH3 is 2. The summed E-state index contributed by atoms with van der Waals surface area (Å²) in [6.07, 6.45) is 1.49. The number of carbonyl (C=O) groups is 2. The Morgan fingerprint density at radius 3 is 2.31 bits per heavy atom. The van der Waals surface area contributed by atoms with Crippen LogP contribution < -0.4 is 24.5 Å². The molecule has 0 bridgehead atoms. The molecule has 0 aliphatic carbocycles. The Bertz CT molecular complexity index is 1760. The number of hydrogen-bond donors (Lipinski definition) is 2. The van der Waals surface area contributed by atoms with Crippen LogP contribution in [0, 0.1) is 0 Å². The molecule has 2 N–H and O–H groups in total. The highest BCUT2D eigenvalue weighted by atomic mass is 16.6. The molecule has 0 aliphatic rings. The maximum absolute atomic E-state index is 13.3. The van der Waals surface area contributed by atoms with Gasteiger partial charge in [0.1, 0.15) is 11.4 Å². The van der Waals surface area contributed by atoms with Crippen molar-refractivity contribution in [2.45, 2.75) is 0 Å². The van der Waals surface area contributed by atoms with Crippen molar-refractivity contribution in [2.75, 3.05) is 33.2 Å². The number of ether oxygens (including phenoxy) is 3. The number of hydrogen-bond acceptors (Lipinski definition) is 7. The van der Waals surface area contributed by atoms with E-state index >= 15 is 0 Å². The average molecular weight is 563 g/mol. The Morgan fingerprint density at radius 1 is 0.857 bits per heavy atom. The summed E-state index contributed by atoms with van der Waals surface area (Å²) < 4.78 is 16.1. The van der Waals surface area contributed by atoms with Gasteiger partial charge in [0.2, 0.25) is 0 Å². The minimum absolute atomic E-state index is 0.252. The molecule has 0 unspecified atom stereocenters. The van der Waals surface area contributed by atoms with Gasteiger partial charge < -0.3 is 24.1 Å². The highest BCUT2D eigenvalue weighted by molar-refractivity contribution is 6.10. The maximum Gasteiger partial charge on any atom is 0.343 e. The quantitative estimate of drug-likeness (QED) is 0.100. The zero-order valence-corrected chi connectivity index (χ0v) is 23.7. The van der Waals surface area contributed by atoms with Gasteiger partial charge >= 0.3 is 5.97 Å². The van der Waals surface area contributed by atoms with Crippen LogP contribution in [0.15, 0.2) is 96.1 Å². The summed E-state index contributed by atoms with van der Waals surface area (Å²) in [6, 6.07) is 27.4. The number of amides is 1. The van der Waals surface area contributed by atoms with Gasteiger partial charge in [-0.05, 0) is 71.8 Å². The van der Waals surface area contributed by atoms with Crippen LogP contribution in [0.1, 0.15) is 26.4 Å². The normalized spacial score (nSPS) is 11.0. The van der Waals surface area contributed by atoms with Gasteiger partial charge in [-0.25, -0.2) is 10.2 Å². The molecule has 5 rings (SSSR count). The van der Waals surface area contributed by atoms with Gasteiger partial charge in [-0.1, -0.05) is 30.3 Å². The Balaban J connectivity index is 1.35. The van der Waals surface area contributed by atoms with Crippen molar-refractivity contribution in [3.8, 4) is 28.4 Å². The summed E-state index contributed by atoms with van der Waals surface area (Å²) in [6.45, 7) is 0. The largest absolute Gasteiger partial charge is 0.497 e. The van der Waals surface area contributed by atoms with E-state index in [1.807, 2.05) is 61.5 Å². The fourth-order valence-electron chi connectivity index (χ4n) is 4.49. The van der Waals surface area contributed by atoms with E-state index in [-0.39, 0.29) is 11.7 Å². The predicted octanol–water partition coefficient (Wildman–Crippen LogP) is 5.90. The number of rotatable bonds is 9. The van der Waals surface area contributed by atoms with Crippen molar-refractivity contribution in [2.24, 2.45) is 5.10 Å². The van der Waals surface area contributed by atoms with E-state index in [1.165, 1.54) is 13.3 Å². The predicted molar refractivity (Wildman–Crippen MR) is 164 cm³/mol. The third-order valence-electron chi connectivity index (χ3n) is 6.68. The second-order valence-corrected chi connectivity index (χ2v) is 9.59. The van der Waals surface area contributed by atoms with Gasteiger partial charge in [-0.2, -0.15) is 5.10 Å². The van der Waals surface area contributed by atoms with Crippen LogP contribution in [0.4, 0.5) is 5.69 Å². The second kappa shape index (κ2) is 12.3. The summed E-state index contributed by atoms with van der Waals surface area (Å²) in [4.78, 5) is 31.2. The first-order chi connectivity index (χ1) is 20.4. The van der Waals surface area contributed by atoms with Crippen molar-refractivity contribution >= 4 is 34.7 Å². The molecule has 0 fully saturated rings. The van der Waals surface area contributed by atoms with E-state index in [4.69, 9.17) is 14.2 Å². The van der Waals surface area contributed by atoms with Crippen LogP contribution in [-0.2, 0) is 0 Å². The molecule has 0 radical (unpaired) electrons.